The van der Waals surface area contributed by atoms with Crippen molar-refractivity contribution in [2.45, 2.75) is 57.5 Å². The lowest BCUT2D eigenvalue weighted by molar-refractivity contribution is -0.0344. The molecule has 2 fully saturated rings. The summed E-state index contributed by atoms with van der Waals surface area (Å²) in [6, 6.07) is 2.24. The molecule has 0 spiro atoms. The molecular weight excluding hydrogens is 282 g/mol. The number of aromatic amines is 1. The third-order valence-electron chi connectivity index (χ3n) is 4.27. The minimum absolute atomic E-state index is 0.0706. The Morgan fingerprint density at radius 3 is 2.95 bits per heavy atom. The van der Waals surface area contributed by atoms with Crippen LogP contribution in [0.4, 0.5) is 4.79 Å². The zero-order valence-corrected chi connectivity index (χ0v) is 13.4. The van der Waals surface area contributed by atoms with E-state index in [1.807, 2.05) is 39.2 Å². The summed E-state index contributed by atoms with van der Waals surface area (Å²) in [5.74, 6) is 0.385. The van der Waals surface area contributed by atoms with Gasteiger partial charge in [0.15, 0.2) is 0 Å². The van der Waals surface area contributed by atoms with Gasteiger partial charge in [-0.3, -0.25) is 0 Å². The molecule has 2 heterocycles. The Morgan fingerprint density at radius 2 is 2.27 bits per heavy atom. The zero-order chi connectivity index (χ0) is 15.7. The standard InChI is InChI=1S/C16H25N3O3/c1-16(2,3)22-15(20)19-12-11-5-7-21-14(11)13(12)18-9-10-4-6-17-8-10/h4,6,8,11-14,17-18H,5,7,9H2,1-3H3,(H,19,20). The van der Waals surface area contributed by atoms with E-state index in [2.05, 4.69) is 15.6 Å². The number of alkyl carbamates (subject to hydrolysis) is 1. The van der Waals surface area contributed by atoms with Gasteiger partial charge >= 0.3 is 6.09 Å². The van der Waals surface area contributed by atoms with Gasteiger partial charge in [-0.05, 0) is 38.8 Å². The molecule has 1 aliphatic heterocycles. The predicted octanol–water partition coefficient (Wildman–Crippen LogP) is 1.78. The smallest absolute Gasteiger partial charge is 0.407 e. The maximum absolute atomic E-state index is 12.0. The molecule has 1 saturated carbocycles. The van der Waals surface area contributed by atoms with Crippen LogP contribution < -0.4 is 10.6 Å². The first kappa shape index (κ1) is 15.4. The van der Waals surface area contributed by atoms with Crippen molar-refractivity contribution < 1.29 is 14.3 Å². The van der Waals surface area contributed by atoms with Gasteiger partial charge in [-0.15, -0.1) is 0 Å². The summed E-state index contributed by atoms with van der Waals surface area (Å²) in [6.07, 6.45) is 4.71. The molecule has 0 aromatic carbocycles. The molecule has 6 nitrogen and oxygen atoms in total. The van der Waals surface area contributed by atoms with Crippen molar-refractivity contribution in [3.8, 4) is 0 Å². The van der Waals surface area contributed by atoms with Gasteiger partial charge in [-0.1, -0.05) is 0 Å². The van der Waals surface area contributed by atoms with Crippen LogP contribution in [0.25, 0.3) is 0 Å². The van der Waals surface area contributed by atoms with Gasteiger partial charge in [0.05, 0.1) is 18.2 Å². The van der Waals surface area contributed by atoms with Gasteiger partial charge < -0.3 is 25.1 Å². The van der Waals surface area contributed by atoms with Crippen molar-refractivity contribution in [1.82, 2.24) is 15.6 Å². The molecule has 122 valence electrons. The molecule has 1 aromatic heterocycles. The fourth-order valence-electron chi connectivity index (χ4n) is 3.29. The highest BCUT2D eigenvalue weighted by molar-refractivity contribution is 5.68. The van der Waals surface area contributed by atoms with Gasteiger partial charge in [-0.25, -0.2) is 4.79 Å². The monoisotopic (exact) mass is 307 g/mol. The third-order valence-corrected chi connectivity index (χ3v) is 4.27. The first-order chi connectivity index (χ1) is 10.4. The van der Waals surface area contributed by atoms with Crippen LogP contribution >= 0.6 is 0 Å². The molecule has 3 rings (SSSR count). The fraction of sp³-hybridized carbons (Fsp3) is 0.688. The quantitative estimate of drug-likeness (QED) is 0.792. The van der Waals surface area contributed by atoms with E-state index in [0.717, 1.165) is 19.6 Å². The van der Waals surface area contributed by atoms with E-state index in [-0.39, 0.29) is 24.3 Å². The Morgan fingerprint density at radius 1 is 1.45 bits per heavy atom. The molecular formula is C16H25N3O3. The van der Waals surface area contributed by atoms with Crippen molar-refractivity contribution in [3.05, 3.63) is 24.0 Å². The summed E-state index contributed by atoms with van der Waals surface area (Å²) in [5, 5.41) is 6.51. The normalized spacial score (nSPS) is 30.5. The van der Waals surface area contributed by atoms with Crippen molar-refractivity contribution >= 4 is 6.09 Å². The van der Waals surface area contributed by atoms with Crippen molar-refractivity contribution in [1.29, 1.82) is 0 Å². The Labute approximate surface area is 130 Å². The van der Waals surface area contributed by atoms with Crippen LogP contribution in [0.1, 0.15) is 32.8 Å². The molecule has 4 unspecified atom stereocenters. The molecule has 6 heteroatoms. The number of hydrogen-bond acceptors (Lipinski definition) is 4. The average molecular weight is 307 g/mol. The van der Waals surface area contributed by atoms with E-state index in [1.165, 1.54) is 5.56 Å². The van der Waals surface area contributed by atoms with Crippen molar-refractivity contribution in [2.24, 2.45) is 5.92 Å². The summed E-state index contributed by atoms with van der Waals surface area (Å²) in [4.78, 5) is 15.1. The number of H-pyrrole nitrogens is 1. The SMILES string of the molecule is CC(C)(C)OC(=O)NC1C2CCOC2C1NCc1cc[nH]c1. The largest absolute Gasteiger partial charge is 0.444 e. The number of ether oxygens (including phenoxy) is 2. The van der Waals surface area contributed by atoms with Crippen molar-refractivity contribution in [2.75, 3.05) is 6.61 Å². The van der Waals surface area contributed by atoms with Crippen molar-refractivity contribution in [3.63, 3.8) is 0 Å². The second-order valence-corrected chi connectivity index (χ2v) is 7.09. The predicted molar refractivity (Wildman–Crippen MR) is 82.4 cm³/mol. The summed E-state index contributed by atoms with van der Waals surface area (Å²) >= 11 is 0. The van der Waals surface area contributed by atoms with Gasteiger partial charge in [0.1, 0.15) is 5.60 Å². The highest BCUT2D eigenvalue weighted by Gasteiger charge is 2.54. The van der Waals surface area contributed by atoms with E-state index in [9.17, 15) is 4.79 Å². The molecule has 0 radical (unpaired) electrons. The Kier molecular flexibility index (Phi) is 4.14. The lowest BCUT2D eigenvalue weighted by Gasteiger charge is -2.48. The minimum Gasteiger partial charge on any atom is -0.444 e. The maximum atomic E-state index is 12.0. The van der Waals surface area contributed by atoms with Gasteiger partial charge in [0, 0.05) is 31.5 Å². The van der Waals surface area contributed by atoms with Crippen LogP contribution in [-0.2, 0) is 16.0 Å². The van der Waals surface area contributed by atoms with Crippen LogP contribution in [0.2, 0.25) is 0 Å². The molecule has 22 heavy (non-hydrogen) atoms. The molecule has 1 amide bonds. The molecule has 3 N–H and O–H groups in total. The lowest BCUT2D eigenvalue weighted by atomic mass is 9.71. The number of carbonyl (C=O) groups excluding carboxylic acids is 1. The molecule has 1 aromatic rings. The molecule has 4 atom stereocenters. The van der Waals surface area contributed by atoms with Gasteiger partial charge in [0.25, 0.3) is 0 Å². The van der Waals surface area contributed by atoms with Crippen LogP contribution in [-0.4, -0.2) is 41.5 Å². The van der Waals surface area contributed by atoms with E-state index in [0.29, 0.717) is 5.92 Å². The van der Waals surface area contributed by atoms with E-state index >= 15 is 0 Å². The highest BCUT2D eigenvalue weighted by atomic mass is 16.6. The molecule has 2 aliphatic rings. The summed E-state index contributed by atoms with van der Waals surface area (Å²) in [7, 11) is 0. The number of rotatable bonds is 4. The molecule has 1 saturated heterocycles. The summed E-state index contributed by atoms with van der Waals surface area (Å²) < 4.78 is 11.2. The van der Waals surface area contributed by atoms with Crippen LogP contribution in [0.5, 0.6) is 0 Å². The number of amides is 1. The van der Waals surface area contributed by atoms with Crippen LogP contribution in [0, 0.1) is 5.92 Å². The lowest BCUT2D eigenvalue weighted by Crippen LogP contribution is -2.70. The number of nitrogens with one attached hydrogen (secondary N) is 3. The van der Waals surface area contributed by atoms with Gasteiger partial charge in [0.2, 0.25) is 0 Å². The van der Waals surface area contributed by atoms with E-state index in [4.69, 9.17) is 9.47 Å². The first-order valence-corrected chi connectivity index (χ1v) is 7.90. The maximum Gasteiger partial charge on any atom is 0.407 e. The highest BCUT2D eigenvalue weighted by Crippen LogP contribution is 2.39. The second-order valence-electron chi connectivity index (χ2n) is 7.09. The number of carbonyl (C=O) groups is 1. The second kappa shape index (κ2) is 5.93. The minimum atomic E-state index is -0.479. The number of fused-ring (bicyclic) bond motifs is 1. The first-order valence-electron chi connectivity index (χ1n) is 7.90. The van der Waals surface area contributed by atoms with Gasteiger partial charge in [-0.2, -0.15) is 0 Å². The average Bonchev–Trinajstić information content (AvgIpc) is 3.04. The van der Waals surface area contributed by atoms with Crippen LogP contribution in [0.15, 0.2) is 18.5 Å². The number of aromatic nitrogens is 1. The molecule has 0 bridgehead atoms. The van der Waals surface area contributed by atoms with E-state index in [1.54, 1.807) is 0 Å². The Balaban J connectivity index is 1.57. The fourth-order valence-corrected chi connectivity index (χ4v) is 3.29. The Bertz CT molecular complexity index is 509. The molecule has 1 aliphatic carbocycles. The van der Waals surface area contributed by atoms with Crippen LogP contribution in [0.3, 0.4) is 0 Å². The number of hydrogen-bond donors (Lipinski definition) is 3. The van der Waals surface area contributed by atoms with E-state index < -0.39 is 5.60 Å². The Hall–Kier alpha value is -1.53. The zero-order valence-electron chi connectivity index (χ0n) is 13.4. The summed E-state index contributed by atoms with van der Waals surface area (Å²) in [6.45, 7) is 7.14. The third kappa shape index (κ3) is 3.28. The topological polar surface area (TPSA) is 75.4 Å². The summed E-state index contributed by atoms with van der Waals surface area (Å²) in [5.41, 5.74) is 0.713.